The van der Waals surface area contributed by atoms with E-state index in [4.69, 9.17) is 4.74 Å². The van der Waals surface area contributed by atoms with Crippen LogP contribution in [-0.2, 0) is 4.74 Å². The van der Waals surface area contributed by atoms with Crippen molar-refractivity contribution in [3.05, 3.63) is 59.7 Å². The molecule has 0 aliphatic heterocycles. The molecule has 0 bridgehead atoms. The van der Waals surface area contributed by atoms with Gasteiger partial charge >= 0.3 is 11.9 Å². The molecule has 0 aromatic heterocycles. The fourth-order valence-electron chi connectivity index (χ4n) is 2.68. The maximum Gasteiger partial charge on any atom is 0.339 e. The molecule has 1 unspecified atom stereocenters. The normalized spacial score (nSPS) is 11.8. The van der Waals surface area contributed by atoms with Crippen LogP contribution in [0.3, 0.4) is 0 Å². The molecule has 24 heavy (non-hydrogen) atoms. The van der Waals surface area contributed by atoms with Crippen LogP contribution in [0.15, 0.2) is 48.5 Å². The highest BCUT2D eigenvalue weighted by Crippen LogP contribution is 2.28. The van der Waals surface area contributed by atoms with Gasteiger partial charge in [0.05, 0.1) is 11.1 Å². The van der Waals surface area contributed by atoms with Crippen molar-refractivity contribution >= 4 is 11.9 Å². The number of carboxylic acids is 1. The van der Waals surface area contributed by atoms with Crippen molar-refractivity contribution in [2.24, 2.45) is 0 Å². The first-order chi connectivity index (χ1) is 11.6. The van der Waals surface area contributed by atoms with Crippen LogP contribution < -0.4 is 0 Å². The minimum atomic E-state index is -1.02. The van der Waals surface area contributed by atoms with Crippen LogP contribution in [0.2, 0.25) is 0 Å². The van der Waals surface area contributed by atoms with Gasteiger partial charge in [0.25, 0.3) is 0 Å². The minimum absolute atomic E-state index is 0.120. The van der Waals surface area contributed by atoms with E-state index >= 15 is 0 Å². The predicted molar refractivity (Wildman–Crippen MR) is 93.2 cm³/mol. The Kier molecular flexibility index (Phi) is 6.13. The Balaban J connectivity index is 2.41. The number of ether oxygens (including phenoxy) is 1. The highest BCUT2D eigenvalue weighted by Gasteiger charge is 2.20. The van der Waals surface area contributed by atoms with Gasteiger partial charge in [-0.05, 0) is 36.1 Å². The van der Waals surface area contributed by atoms with E-state index < -0.39 is 11.9 Å². The van der Waals surface area contributed by atoms with Gasteiger partial charge in [-0.15, -0.1) is 0 Å². The zero-order chi connectivity index (χ0) is 17.5. The third kappa shape index (κ3) is 4.02. The molecule has 0 saturated heterocycles. The van der Waals surface area contributed by atoms with Gasteiger partial charge in [-0.3, -0.25) is 0 Å². The topological polar surface area (TPSA) is 63.6 Å². The van der Waals surface area contributed by atoms with Crippen molar-refractivity contribution in [1.29, 1.82) is 0 Å². The standard InChI is InChI=1S/C20H22O4/c1-3-9-14(4-2)24-20(23)18-13-8-6-11-16(18)15-10-5-7-12-17(15)19(21)22/h5-8,10-14H,3-4,9H2,1-2H3,(H,21,22). The number of hydrogen-bond acceptors (Lipinski definition) is 3. The minimum Gasteiger partial charge on any atom is -0.478 e. The number of rotatable bonds is 7. The monoisotopic (exact) mass is 326 g/mol. The Morgan fingerprint density at radius 1 is 0.958 bits per heavy atom. The molecule has 0 spiro atoms. The van der Waals surface area contributed by atoms with E-state index in [2.05, 4.69) is 0 Å². The molecular weight excluding hydrogens is 304 g/mol. The molecule has 0 saturated carbocycles. The molecule has 0 amide bonds. The molecule has 126 valence electrons. The van der Waals surface area contributed by atoms with E-state index in [1.54, 1.807) is 42.5 Å². The predicted octanol–water partition coefficient (Wildman–Crippen LogP) is 4.79. The zero-order valence-electron chi connectivity index (χ0n) is 14.0. The molecule has 0 heterocycles. The van der Waals surface area contributed by atoms with Crippen LogP contribution in [-0.4, -0.2) is 23.1 Å². The average Bonchev–Trinajstić information content (AvgIpc) is 2.61. The van der Waals surface area contributed by atoms with E-state index in [0.717, 1.165) is 19.3 Å². The maximum atomic E-state index is 12.6. The van der Waals surface area contributed by atoms with E-state index in [-0.39, 0.29) is 11.7 Å². The molecule has 2 aromatic rings. The molecule has 4 heteroatoms. The second kappa shape index (κ2) is 8.29. The molecule has 0 fully saturated rings. The summed E-state index contributed by atoms with van der Waals surface area (Å²) >= 11 is 0. The molecule has 2 rings (SSSR count). The Hall–Kier alpha value is -2.62. The van der Waals surface area contributed by atoms with Crippen molar-refractivity contribution in [2.45, 2.75) is 39.2 Å². The van der Waals surface area contributed by atoms with Gasteiger partial charge in [-0.25, -0.2) is 9.59 Å². The van der Waals surface area contributed by atoms with Crippen LogP contribution in [0, 0.1) is 0 Å². The van der Waals surface area contributed by atoms with Crippen LogP contribution in [0.4, 0.5) is 0 Å². The number of carbonyl (C=O) groups is 2. The molecule has 0 aliphatic carbocycles. The van der Waals surface area contributed by atoms with Crippen molar-refractivity contribution in [3.8, 4) is 11.1 Å². The van der Waals surface area contributed by atoms with Crippen molar-refractivity contribution < 1.29 is 19.4 Å². The number of esters is 1. The molecule has 1 atom stereocenters. The summed E-state index contributed by atoms with van der Waals surface area (Å²) in [6.45, 7) is 4.03. The lowest BCUT2D eigenvalue weighted by atomic mass is 9.95. The van der Waals surface area contributed by atoms with E-state index in [1.807, 2.05) is 13.8 Å². The second-order valence-electron chi connectivity index (χ2n) is 5.62. The van der Waals surface area contributed by atoms with Crippen molar-refractivity contribution in [3.63, 3.8) is 0 Å². The van der Waals surface area contributed by atoms with E-state index in [0.29, 0.717) is 16.7 Å². The molecule has 4 nitrogen and oxygen atoms in total. The van der Waals surface area contributed by atoms with Gasteiger partial charge in [0.15, 0.2) is 0 Å². The third-order valence-electron chi connectivity index (χ3n) is 3.93. The van der Waals surface area contributed by atoms with Crippen LogP contribution in [0.1, 0.15) is 53.8 Å². The summed E-state index contributed by atoms with van der Waals surface area (Å²) in [5.74, 6) is -1.43. The van der Waals surface area contributed by atoms with Crippen LogP contribution >= 0.6 is 0 Å². The molecule has 0 aliphatic rings. The third-order valence-corrected chi connectivity index (χ3v) is 3.93. The molecule has 0 radical (unpaired) electrons. The fourth-order valence-corrected chi connectivity index (χ4v) is 2.68. The van der Waals surface area contributed by atoms with Crippen LogP contribution in [0.25, 0.3) is 11.1 Å². The molecule has 2 aromatic carbocycles. The summed E-state index contributed by atoms with van der Waals surface area (Å²) < 4.78 is 5.60. The van der Waals surface area contributed by atoms with Gasteiger partial charge in [-0.1, -0.05) is 56.7 Å². The number of hydrogen-bond donors (Lipinski definition) is 1. The lowest BCUT2D eigenvalue weighted by Crippen LogP contribution is -2.18. The van der Waals surface area contributed by atoms with Gasteiger partial charge in [0, 0.05) is 0 Å². The second-order valence-corrected chi connectivity index (χ2v) is 5.62. The Labute approximate surface area is 142 Å². The highest BCUT2D eigenvalue weighted by atomic mass is 16.5. The summed E-state index contributed by atoms with van der Waals surface area (Å²) in [5.41, 5.74) is 1.65. The number of benzene rings is 2. The summed E-state index contributed by atoms with van der Waals surface area (Å²) in [7, 11) is 0. The first-order valence-corrected chi connectivity index (χ1v) is 8.21. The summed E-state index contributed by atoms with van der Waals surface area (Å²) in [6, 6.07) is 13.6. The lowest BCUT2D eigenvalue weighted by molar-refractivity contribution is 0.0272. The summed E-state index contributed by atoms with van der Waals surface area (Å²) in [5, 5.41) is 9.39. The summed E-state index contributed by atoms with van der Waals surface area (Å²) in [6.07, 6.45) is 2.39. The van der Waals surface area contributed by atoms with Gasteiger partial charge in [-0.2, -0.15) is 0 Å². The average molecular weight is 326 g/mol. The van der Waals surface area contributed by atoms with Gasteiger partial charge < -0.3 is 9.84 Å². The Morgan fingerprint density at radius 3 is 2.04 bits per heavy atom. The zero-order valence-corrected chi connectivity index (χ0v) is 14.0. The largest absolute Gasteiger partial charge is 0.478 e. The van der Waals surface area contributed by atoms with Gasteiger partial charge in [0.2, 0.25) is 0 Å². The quantitative estimate of drug-likeness (QED) is 0.743. The SMILES string of the molecule is CCCC(CC)OC(=O)c1ccccc1-c1ccccc1C(=O)O. The van der Waals surface area contributed by atoms with E-state index in [9.17, 15) is 14.7 Å². The number of carboxylic acid groups (broad SMARTS) is 1. The highest BCUT2D eigenvalue weighted by molar-refractivity contribution is 6.02. The smallest absolute Gasteiger partial charge is 0.339 e. The fraction of sp³-hybridized carbons (Fsp3) is 0.300. The molecule has 1 N–H and O–H groups in total. The Morgan fingerprint density at radius 2 is 1.50 bits per heavy atom. The van der Waals surface area contributed by atoms with E-state index in [1.165, 1.54) is 6.07 Å². The lowest BCUT2D eigenvalue weighted by Gasteiger charge is -2.17. The van der Waals surface area contributed by atoms with Gasteiger partial charge in [0.1, 0.15) is 6.10 Å². The number of aromatic carboxylic acids is 1. The molecular formula is C20H22O4. The first-order valence-electron chi connectivity index (χ1n) is 8.21. The first kappa shape index (κ1) is 17.7. The van der Waals surface area contributed by atoms with Crippen LogP contribution in [0.5, 0.6) is 0 Å². The maximum absolute atomic E-state index is 12.6. The van der Waals surface area contributed by atoms with Crippen molar-refractivity contribution in [2.75, 3.05) is 0 Å². The van der Waals surface area contributed by atoms with Crippen molar-refractivity contribution in [1.82, 2.24) is 0 Å². The number of carbonyl (C=O) groups excluding carboxylic acids is 1. The summed E-state index contributed by atoms with van der Waals surface area (Å²) in [4.78, 5) is 24.1. The Bertz CT molecular complexity index is 721.